The zero-order chi connectivity index (χ0) is 15.9. The van der Waals surface area contributed by atoms with Gasteiger partial charge in [0.15, 0.2) is 9.84 Å². The molecule has 0 aliphatic rings. The zero-order valence-electron chi connectivity index (χ0n) is 12.6. The van der Waals surface area contributed by atoms with Crippen molar-refractivity contribution in [2.75, 3.05) is 31.4 Å². The Morgan fingerprint density at radius 3 is 2.71 bits per heavy atom. The standard InChI is InChI=1S/C14H22N2O3S2/c1-4-21(18,19)9-8-15-14(17)16(2)11-12-6-5-7-13(10-12)20-3/h5-7,10H,4,8-9,11H2,1-3H3,(H,15,17). The molecule has 0 aromatic heterocycles. The number of benzene rings is 1. The second-order valence-electron chi connectivity index (χ2n) is 4.68. The minimum Gasteiger partial charge on any atom is -0.337 e. The summed E-state index contributed by atoms with van der Waals surface area (Å²) in [5.41, 5.74) is 1.04. The van der Waals surface area contributed by atoms with Gasteiger partial charge in [-0.1, -0.05) is 19.1 Å². The number of carbonyl (C=O) groups is 1. The van der Waals surface area contributed by atoms with Crippen molar-refractivity contribution in [2.45, 2.75) is 18.4 Å². The highest BCUT2D eigenvalue weighted by Crippen LogP contribution is 2.16. The Bertz CT molecular complexity index is 573. The van der Waals surface area contributed by atoms with Gasteiger partial charge >= 0.3 is 6.03 Å². The molecule has 0 saturated heterocycles. The summed E-state index contributed by atoms with van der Waals surface area (Å²) in [4.78, 5) is 14.6. The summed E-state index contributed by atoms with van der Waals surface area (Å²) >= 11 is 1.65. The number of nitrogens with zero attached hydrogens (tertiary/aromatic N) is 1. The number of hydrogen-bond donors (Lipinski definition) is 1. The van der Waals surface area contributed by atoms with Crippen molar-refractivity contribution in [1.82, 2.24) is 10.2 Å². The number of thioether (sulfide) groups is 1. The first kappa shape index (κ1) is 17.8. The number of urea groups is 1. The van der Waals surface area contributed by atoms with Crippen LogP contribution in [-0.4, -0.2) is 50.7 Å². The van der Waals surface area contributed by atoms with Crippen LogP contribution in [0.2, 0.25) is 0 Å². The summed E-state index contributed by atoms with van der Waals surface area (Å²) in [6.07, 6.45) is 2.00. The molecule has 1 rings (SSSR count). The van der Waals surface area contributed by atoms with Crippen molar-refractivity contribution in [3.63, 3.8) is 0 Å². The van der Waals surface area contributed by atoms with Gasteiger partial charge in [-0.25, -0.2) is 13.2 Å². The van der Waals surface area contributed by atoms with E-state index in [1.54, 1.807) is 25.7 Å². The summed E-state index contributed by atoms with van der Waals surface area (Å²) in [7, 11) is -1.35. The van der Waals surface area contributed by atoms with E-state index in [4.69, 9.17) is 0 Å². The zero-order valence-corrected chi connectivity index (χ0v) is 14.3. The Hall–Kier alpha value is -1.21. The van der Waals surface area contributed by atoms with Gasteiger partial charge in [0.25, 0.3) is 0 Å². The summed E-state index contributed by atoms with van der Waals surface area (Å²) < 4.78 is 22.7. The fourth-order valence-electron chi connectivity index (χ4n) is 1.71. The average molecular weight is 330 g/mol. The van der Waals surface area contributed by atoms with Crippen LogP contribution in [0.15, 0.2) is 29.2 Å². The quantitative estimate of drug-likeness (QED) is 0.777. The molecular formula is C14H22N2O3S2. The molecule has 0 fully saturated rings. The van der Waals surface area contributed by atoms with Gasteiger partial charge in [0.1, 0.15) is 0 Å². The van der Waals surface area contributed by atoms with Crippen molar-refractivity contribution < 1.29 is 13.2 Å². The molecule has 1 aromatic rings. The van der Waals surface area contributed by atoms with Gasteiger partial charge in [-0.3, -0.25) is 0 Å². The molecule has 5 nitrogen and oxygen atoms in total. The summed E-state index contributed by atoms with van der Waals surface area (Å²) in [6.45, 7) is 2.23. The predicted molar refractivity (Wildman–Crippen MR) is 87.4 cm³/mol. The predicted octanol–water partition coefficient (Wildman–Crippen LogP) is 1.98. The number of rotatable bonds is 7. The van der Waals surface area contributed by atoms with Gasteiger partial charge in [-0.2, -0.15) is 0 Å². The summed E-state index contributed by atoms with van der Waals surface area (Å²) in [5.74, 6) is 0.0746. The molecule has 7 heteroatoms. The minimum atomic E-state index is -3.04. The Labute approximate surface area is 131 Å². The smallest absolute Gasteiger partial charge is 0.317 e. The monoisotopic (exact) mass is 330 g/mol. The molecule has 0 aliphatic carbocycles. The van der Waals surface area contributed by atoms with Crippen LogP contribution in [0.1, 0.15) is 12.5 Å². The summed E-state index contributed by atoms with van der Waals surface area (Å²) in [6, 6.07) is 7.71. The van der Waals surface area contributed by atoms with Crippen LogP contribution in [-0.2, 0) is 16.4 Å². The normalized spacial score (nSPS) is 11.2. The molecule has 2 amide bonds. The minimum absolute atomic E-state index is 0.0228. The highest BCUT2D eigenvalue weighted by atomic mass is 32.2. The third kappa shape index (κ3) is 6.39. The molecule has 0 heterocycles. The molecular weight excluding hydrogens is 308 g/mol. The van der Waals surface area contributed by atoms with Crippen molar-refractivity contribution >= 4 is 27.6 Å². The van der Waals surface area contributed by atoms with Gasteiger partial charge in [-0.15, -0.1) is 11.8 Å². The van der Waals surface area contributed by atoms with Crippen molar-refractivity contribution in [2.24, 2.45) is 0 Å². The average Bonchev–Trinajstić information content (AvgIpc) is 2.47. The molecule has 0 radical (unpaired) electrons. The van der Waals surface area contributed by atoms with Crippen LogP contribution in [0.4, 0.5) is 4.79 Å². The number of nitrogens with one attached hydrogen (secondary N) is 1. The third-order valence-corrected chi connectivity index (χ3v) is 5.46. The fraction of sp³-hybridized carbons (Fsp3) is 0.500. The van der Waals surface area contributed by atoms with Crippen molar-refractivity contribution in [3.05, 3.63) is 29.8 Å². The maximum absolute atomic E-state index is 11.9. The number of sulfone groups is 1. The summed E-state index contributed by atoms with van der Waals surface area (Å²) in [5, 5.41) is 2.62. The fourth-order valence-corrected chi connectivity index (χ4v) is 2.89. The molecule has 0 spiro atoms. The van der Waals surface area contributed by atoms with Crippen molar-refractivity contribution in [3.8, 4) is 0 Å². The lowest BCUT2D eigenvalue weighted by Crippen LogP contribution is -2.39. The van der Waals surface area contributed by atoms with Gasteiger partial charge in [0.2, 0.25) is 0 Å². The molecule has 1 aromatic carbocycles. The first-order valence-corrected chi connectivity index (χ1v) is 9.75. The Kier molecular flexibility index (Phi) is 7.04. The SMILES string of the molecule is CCS(=O)(=O)CCNC(=O)N(C)Cc1cccc(SC)c1. The van der Waals surface area contributed by atoms with E-state index >= 15 is 0 Å². The second kappa shape index (κ2) is 8.29. The molecule has 1 N–H and O–H groups in total. The van der Waals surface area contributed by atoms with Crippen LogP contribution in [0, 0.1) is 0 Å². The van der Waals surface area contributed by atoms with Crippen LogP contribution in [0.3, 0.4) is 0 Å². The van der Waals surface area contributed by atoms with E-state index in [1.807, 2.05) is 30.5 Å². The lowest BCUT2D eigenvalue weighted by molar-refractivity contribution is 0.207. The molecule has 0 bridgehead atoms. The topological polar surface area (TPSA) is 66.5 Å². The Morgan fingerprint density at radius 2 is 2.10 bits per heavy atom. The van der Waals surface area contributed by atoms with Gasteiger partial charge in [0, 0.05) is 30.8 Å². The van der Waals surface area contributed by atoms with Gasteiger partial charge < -0.3 is 10.2 Å². The van der Waals surface area contributed by atoms with E-state index in [-0.39, 0.29) is 24.1 Å². The van der Waals surface area contributed by atoms with Crippen LogP contribution < -0.4 is 5.32 Å². The molecule has 0 aliphatic heterocycles. The van der Waals surface area contributed by atoms with Crippen LogP contribution in [0.5, 0.6) is 0 Å². The lowest BCUT2D eigenvalue weighted by Gasteiger charge is -2.18. The Balaban J connectivity index is 2.47. The number of hydrogen-bond acceptors (Lipinski definition) is 4. The highest BCUT2D eigenvalue weighted by molar-refractivity contribution is 7.98. The van der Waals surface area contributed by atoms with E-state index in [2.05, 4.69) is 5.32 Å². The van der Waals surface area contributed by atoms with Crippen LogP contribution in [0.25, 0.3) is 0 Å². The van der Waals surface area contributed by atoms with E-state index in [0.717, 1.165) is 10.5 Å². The Morgan fingerprint density at radius 1 is 1.38 bits per heavy atom. The first-order valence-electron chi connectivity index (χ1n) is 6.70. The maximum atomic E-state index is 11.9. The number of carbonyl (C=O) groups excluding carboxylic acids is 1. The largest absolute Gasteiger partial charge is 0.337 e. The molecule has 0 unspecified atom stereocenters. The molecule has 0 saturated carbocycles. The van der Waals surface area contributed by atoms with E-state index in [1.165, 1.54) is 4.90 Å². The van der Waals surface area contributed by atoms with Gasteiger partial charge in [-0.05, 0) is 24.0 Å². The van der Waals surface area contributed by atoms with E-state index in [0.29, 0.717) is 6.54 Å². The van der Waals surface area contributed by atoms with Crippen LogP contribution >= 0.6 is 11.8 Å². The molecule has 21 heavy (non-hydrogen) atoms. The highest BCUT2D eigenvalue weighted by Gasteiger charge is 2.11. The number of amides is 2. The van der Waals surface area contributed by atoms with Gasteiger partial charge in [0.05, 0.1) is 5.75 Å². The first-order chi connectivity index (χ1) is 9.88. The third-order valence-electron chi connectivity index (χ3n) is 3.03. The van der Waals surface area contributed by atoms with E-state index in [9.17, 15) is 13.2 Å². The molecule has 0 atom stereocenters. The second-order valence-corrected chi connectivity index (χ2v) is 8.03. The lowest BCUT2D eigenvalue weighted by atomic mass is 10.2. The van der Waals surface area contributed by atoms with Crippen molar-refractivity contribution in [1.29, 1.82) is 0 Å². The van der Waals surface area contributed by atoms with E-state index < -0.39 is 9.84 Å². The maximum Gasteiger partial charge on any atom is 0.317 e. The molecule has 118 valence electrons.